The Morgan fingerprint density at radius 2 is 1.75 bits per heavy atom. The number of carbonyl (C=O) groups excluding carboxylic acids is 4. The van der Waals surface area contributed by atoms with E-state index in [2.05, 4.69) is 10.6 Å². The van der Waals surface area contributed by atoms with E-state index in [4.69, 9.17) is 18.9 Å². The first-order valence-corrected chi connectivity index (χ1v) is 12.1. The van der Waals surface area contributed by atoms with E-state index in [1.54, 1.807) is 65.8 Å². The average molecular weight is 505 g/mol. The molecule has 0 bridgehead atoms. The third-order valence-corrected chi connectivity index (χ3v) is 7.02. The molecule has 0 aliphatic heterocycles. The summed E-state index contributed by atoms with van der Waals surface area (Å²) >= 11 is 0. The van der Waals surface area contributed by atoms with Crippen molar-refractivity contribution in [3.63, 3.8) is 0 Å². The van der Waals surface area contributed by atoms with Crippen LogP contribution in [0.4, 0.5) is 10.5 Å². The number of hydrogen-bond donors (Lipinski definition) is 2. The van der Waals surface area contributed by atoms with Gasteiger partial charge in [0.25, 0.3) is 0 Å². The summed E-state index contributed by atoms with van der Waals surface area (Å²) in [6.07, 6.45) is -0.892. The molecule has 0 spiro atoms. The second-order valence-electron chi connectivity index (χ2n) is 10.3. The Labute approximate surface area is 211 Å². The minimum absolute atomic E-state index is 0.0576. The van der Waals surface area contributed by atoms with Gasteiger partial charge in [0.2, 0.25) is 5.91 Å². The second kappa shape index (κ2) is 9.99. The molecule has 2 aliphatic rings. The quantitative estimate of drug-likeness (QED) is 0.408. The Morgan fingerprint density at radius 1 is 1.08 bits per heavy atom. The monoisotopic (exact) mass is 504 g/mol. The molecule has 198 valence electrons. The van der Waals surface area contributed by atoms with E-state index in [0.29, 0.717) is 11.4 Å². The van der Waals surface area contributed by atoms with Crippen LogP contribution in [-0.2, 0) is 28.6 Å². The molecular formula is C26H36N2O8. The fourth-order valence-corrected chi connectivity index (χ4v) is 5.51. The number of fused-ring (bicyclic) bond motifs is 1. The van der Waals surface area contributed by atoms with Crippen LogP contribution >= 0.6 is 0 Å². The Bertz CT molecular complexity index is 1040. The fourth-order valence-electron chi connectivity index (χ4n) is 5.51. The van der Waals surface area contributed by atoms with Gasteiger partial charge < -0.3 is 29.6 Å². The Balaban J connectivity index is 2.00. The molecule has 2 fully saturated rings. The van der Waals surface area contributed by atoms with E-state index >= 15 is 0 Å². The molecule has 0 radical (unpaired) electrons. The predicted molar refractivity (Wildman–Crippen MR) is 130 cm³/mol. The van der Waals surface area contributed by atoms with Gasteiger partial charge in [0.15, 0.2) is 0 Å². The van der Waals surface area contributed by atoms with Crippen molar-refractivity contribution in [1.82, 2.24) is 5.32 Å². The highest BCUT2D eigenvalue weighted by atomic mass is 16.6. The van der Waals surface area contributed by atoms with Crippen molar-refractivity contribution in [2.75, 3.05) is 25.6 Å². The van der Waals surface area contributed by atoms with Crippen LogP contribution in [0.25, 0.3) is 0 Å². The molecule has 10 nitrogen and oxygen atoms in total. The SMILES string of the molecule is CCOC(=O)C1C2C(C(=O)Nc3cccc(OC)c3)CC(NC(=O)OC(C)(C)C)(C(=O)OCC)C12C. The lowest BCUT2D eigenvalue weighted by atomic mass is 9.79. The van der Waals surface area contributed by atoms with Crippen LogP contribution < -0.4 is 15.4 Å². The van der Waals surface area contributed by atoms with E-state index in [1.807, 2.05) is 0 Å². The average Bonchev–Trinajstić information content (AvgIpc) is 3.33. The largest absolute Gasteiger partial charge is 0.497 e. The number of ether oxygens (including phenoxy) is 4. The molecule has 0 heterocycles. The van der Waals surface area contributed by atoms with Crippen molar-refractivity contribution >= 4 is 29.6 Å². The van der Waals surface area contributed by atoms with E-state index in [-0.39, 0.29) is 25.5 Å². The molecular weight excluding hydrogens is 468 g/mol. The molecule has 5 unspecified atom stereocenters. The highest BCUT2D eigenvalue weighted by Crippen LogP contribution is 2.75. The minimum atomic E-state index is -1.66. The van der Waals surface area contributed by atoms with Gasteiger partial charge >= 0.3 is 18.0 Å². The third kappa shape index (κ3) is 4.85. The third-order valence-electron chi connectivity index (χ3n) is 7.02. The zero-order valence-electron chi connectivity index (χ0n) is 21.9. The number of methoxy groups -OCH3 is 1. The number of alkyl carbamates (subject to hydrolysis) is 1. The van der Waals surface area contributed by atoms with Gasteiger partial charge in [-0.15, -0.1) is 0 Å². The Morgan fingerprint density at radius 3 is 2.33 bits per heavy atom. The molecule has 2 aliphatic carbocycles. The maximum Gasteiger partial charge on any atom is 0.408 e. The van der Waals surface area contributed by atoms with Gasteiger partial charge in [0, 0.05) is 23.1 Å². The topological polar surface area (TPSA) is 129 Å². The molecule has 3 rings (SSSR count). The van der Waals surface area contributed by atoms with Crippen molar-refractivity contribution in [1.29, 1.82) is 0 Å². The van der Waals surface area contributed by atoms with Crippen LogP contribution in [0.2, 0.25) is 0 Å². The van der Waals surface area contributed by atoms with Gasteiger partial charge in [-0.2, -0.15) is 0 Å². The fraction of sp³-hybridized carbons (Fsp3) is 0.615. The summed E-state index contributed by atoms with van der Waals surface area (Å²) in [5.41, 5.74) is -3.10. The van der Waals surface area contributed by atoms with Crippen LogP contribution in [0.5, 0.6) is 5.75 Å². The van der Waals surface area contributed by atoms with Gasteiger partial charge in [-0.3, -0.25) is 9.59 Å². The number of hydrogen-bond acceptors (Lipinski definition) is 8. The zero-order valence-corrected chi connectivity index (χ0v) is 21.9. The molecule has 0 saturated heterocycles. The van der Waals surface area contributed by atoms with Gasteiger partial charge in [-0.05, 0) is 59.1 Å². The molecule has 5 atom stereocenters. The first-order valence-electron chi connectivity index (χ1n) is 12.1. The van der Waals surface area contributed by atoms with E-state index < -0.39 is 52.3 Å². The first-order chi connectivity index (χ1) is 16.8. The van der Waals surface area contributed by atoms with E-state index in [9.17, 15) is 19.2 Å². The standard InChI is InChI=1S/C26H36N2O8/c1-8-34-21(30)19-18-17(20(29)27-15-11-10-12-16(13-15)33-7)14-26(25(18,19)6,22(31)35-9-2)28-23(32)36-24(3,4)5/h10-13,17-19H,8-9,14H2,1-7H3,(H,27,29)(H,28,32). The summed E-state index contributed by atoms with van der Waals surface area (Å²) in [4.78, 5) is 52.8. The van der Waals surface area contributed by atoms with Crippen molar-refractivity contribution in [3.05, 3.63) is 24.3 Å². The first kappa shape index (κ1) is 27.3. The summed E-state index contributed by atoms with van der Waals surface area (Å²) < 4.78 is 21.3. The molecule has 2 amide bonds. The minimum Gasteiger partial charge on any atom is -0.497 e. The van der Waals surface area contributed by atoms with Crippen LogP contribution in [-0.4, -0.2) is 55.4 Å². The molecule has 2 saturated carbocycles. The molecule has 10 heteroatoms. The summed E-state index contributed by atoms with van der Waals surface area (Å²) in [6, 6.07) is 6.86. The van der Waals surface area contributed by atoms with E-state index in [0.717, 1.165) is 0 Å². The van der Waals surface area contributed by atoms with Crippen molar-refractivity contribution in [2.24, 2.45) is 23.2 Å². The number of nitrogens with one attached hydrogen (secondary N) is 2. The normalized spacial score (nSPS) is 28.4. The zero-order chi connectivity index (χ0) is 26.9. The van der Waals surface area contributed by atoms with Gasteiger partial charge in [0.1, 0.15) is 16.9 Å². The maximum absolute atomic E-state index is 13.5. The highest BCUT2D eigenvalue weighted by Gasteiger charge is 2.85. The number of benzene rings is 1. The van der Waals surface area contributed by atoms with Crippen molar-refractivity contribution < 1.29 is 38.1 Å². The number of anilines is 1. The lowest BCUT2D eigenvalue weighted by Crippen LogP contribution is -2.61. The molecule has 0 aromatic heterocycles. The van der Waals surface area contributed by atoms with Crippen LogP contribution in [0.1, 0.15) is 48.0 Å². The number of esters is 2. The summed E-state index contributed by atoms with van der Waals surface area (Å²) in [7, 11) is 1.52. The smallest absolute Gasteiger partial charge is 0.408 e. The highest BCUT2D eigenvalue weighted by molar-refractivity contribution is 5.99. The molecule has 1 aromatic rings. The van der Waals surface area contributed by atoms with E-state index in [1.165, 1.54) is 7.11 Å². The maximum atomic E-state index is 13.5. The Hall–Kier alpha value is -3.30. The van der Waals surface area contributed by atoms with Gasteiger partial charge in [-0.25, -0.2) is 9.59 Å². The second-order valence-corrected chi connectivity index (χ2v) is 10.3. The Kier molecular flexibility index (Phi) is 7.57. The van der Waals surface area contributed by atoms with Crippen molar-refractivity contribution in [3.8, 4) is 5.75 Å². The van der Waals surface area contributed by atoms with Gasteiger partial charge in [-0.1, -0.05) is 13.0 Å². The summed E-state index contributed by atoms with van der Waals surface area (Å²) in [6.45, 7) is 10.3. The molecule has 1 aromatic carbocycles. The summed E-state index contributed by atoms with van der Waals surface area (Å²) in [5, 5.41) is 5.57. The van der Waals surface area contributed by atoms with Crippen LogP contribution in [0.15, 0.2) is 24.3 Å². The molecule has 36 heavy (non-hydrogen) atoms. The molecule has 2 N–H and O–H groups in total. The van der Waals surface area contributed by atoms with Crippen LogP contribution in [0, 0.1) is 23.2 Å². The number of carbonyl (C=O) groups is 4. The summed E-state index contributed by atoms with van der Waals surface area (Å²) in [5.74, 6) is -3.19. The number of amides is 2. The lowest BCUT2D eigenvalue weighted by molar-refractivity contribution is -0.156. The van der Waals surface area contributed by atoms with Gasteiger partial charge in [0.05, 0.1) is 26.2 Å². The predicted octanol–water partition coefficient (Wildman–Crippen LogP) is 3.30. The van der Waals surface area contributed by atoms with Crippen LogP contribution in [0.3, 0.4) is 0 Å². The number of rotatable bonds is 8. The van der Waals surface area contributed by atoms with Crippen molar-refractivity contribution in [2.45, 2.75) is 59.1 Å². The lowest BCUT2D eigenvalue weighted by Gasteiger charge is -2.37.